The molecule has 0 nitrogen and oxygen atoms in total. The Hall–Kier alpha value is 0. The molecule has 0 amide bonds. The molecule has 0 radical (unpaired) electrons. The highest BCUT2D eigenvalue weighted by molar-refractivity contribution is 4.66. The summed E-state index contributed by atoms with van der Waals surface area (Å²) in [5, 5.41) is 0. The van der Waals surface area contributed by atoms with Crippen molar-refractivity contribution in [3.63, 3.8) is 0 Å². The number of rotatable bonds is 1. The molecule has 2 rings (SSSR count). The first-order chi connectivity index (χ1) is 6.85. The first kappa shape index (κ1) is 14.0. The van der Waals surface area contributed by atoms with Crippen LogP contribution in [0.1, 0.15) is 85.0 Å². The zero-order valence-corrected chi connectivity index (χ0v) is 10.6. The molecule has 0 heterocycles. The van der Waals surface area contributed by atoms with Crippen LogP contribution < -0.4 is 0 Å². The van der Waals surface area contributed by atoms with Gasteiger partial charge in [-0.25, -0.2) is 0 Å². The molecule has 14 heavy (non-hydrogen) atoms. The summed E-state index contributed by atoms with van der Waals surface area (Å²) in [5.41, 5.74) is 0. The molecule has 0 unspecified atom stereocenters. The van der Waals surface area contributed by atoms with Gasteiger partial charge in [-0.1, -0.05) is 85.0 Å². The molecule has 86 valence electrons. The molecule has 0 spiro atoms. The fourth-order valence-corrected chi connectivity index (χ4v) is 1.78. The lowest BCUT2D eigenvalue weighted by Gasteiger charge is -2.22. The standard InChI is InChI=1S/C6H12.C5H10.C3H8/c1-2-6-4-3-5-6;1-2-4-5-3-1;1-3-2/h6H,2-5H2,1H3;1-5H2;3H2,1-2H3. The van der Waals surface area contributed by atoms with Crippen molar-refractivity contribution in [1.29, 1.82) is 0 Å². The lowest BCUT2D eigenvalue weighted by Crippen LogP contribution is -2.08. The fourth-order valence-electron chi connectivity index (χ4n) is 1.78. The monoisotopic (exact) mass is 198 g/mol. The van der Waals surface area contributed by atoms with Crippen molar-refractivity contribution in [2.24, 2.45) is 5.92 Å². The topological polar surface area (TPSA) is 0 Å². The quantitative estimate of drug-likeness (QED) is 0.517. The van der Waals surface area contributed by atoms with E-state index >= 15 is 0 Å². The van der Waals surface area contributed by atoms with Gasteiger partial charge in [-0.15, -0.1) is 0 Å². The summed E-state index contributed by atoms with van der Waals surface area (Å²) in [7, 11) is 0. The van der Waals surface area contributed by atoms with Crippen molar-refractivity contribution in [2.45, 2.75) is 85.0 Å². The molecule has 0 aliphatic heterocycles. The molecule has 0 saturated heterocycles. The first-order valence-corrected chi connectivity index (χ1v) is 6.85. The largest absolute Gasteiger partial charge is 0.0656 e. The second-order valence-corrected chi connectivity index (χ2v) is 4.68. The minimum atomic E-state index is 1.12. The third-order valence-electron chi connectivity index (χ3n) is 3.05. The zero-order chi connectivity index (χ0) is 10.6. The van der Waals surface area contributed by atoms with Gasteiger partial charge < -0.3 is 0 Å². The number of hydrogen-bond acceptors (Lipinski definition) is 0. The van der Waals surface area contributed by atoms with Crippen LogP contribution >= 0.6 is 0 Å². The lowest BCUT2D eigenvalue weighted by molar-refractivity contribution is 0.307. The maximum atomic E-state index is 2.28. The summed E-state index contributed by atoms with van der Waals surface area (Å²) < 4.78 is 0. The van der Waals surface area contributed by atoms with Crippen molar-refractivity contribution in [3.8, 4) is 0 Å². The van der Waals surface area contributed by atoms with Crippen LogP contribution in [0, 0.1) is 5.92 Å². The summed E-state index contributed by atoms with van der Waals surface area (Å²) >= 11 is 0. The van der Waals surface area contributed by atoms with E-state index in [4.69, 9.17) is 0 Å². The molecule has 2 saturated carbocycles. The average molecular weight is 198 g/mol. The molecular weight excluding hydrogens is 168 g/mol. The van der Waals surface area contributed by atoms with Crippen LogP contribution in [0.3, 0.4) is 0 Å². The van der Waals surface area contributed by atoms with Gasteiger partial charge in [0.1, 0.15) is 0 Å². The molecule has 2 aliphatic carbocycles. The van der Waals surface area contributed by atoms with Gasteiger partial charge in [-0.2, -0.15) is 0 Å². The Morgan fingerprint density at radius 2 is 1.07 bits per heavy atom. The van der Waals surface area contributed by atoms with Gasteiger partial charge >= 0.3 is 0 Å². The van der Waals surface area contributed by atoms with Crippen molar-refractivity contribution < 1.29 is 0 Å². The molecular formula is C14H30. The Morgan fingerprint density at radius 1 is 0.714 bits per heavy atom. The van der Waals surface area contributed by atoms with Gasteiger partial charge in [0, 0.05) is 0 Å². The Bertz CT molecular complexity index is 77.8. The maximum absolute atomic E-state index is 2.28. The molecule has 0 atom stereocenters. The van der Waals surface area contributed by atoms with E-state index in [9.17, 15) is 0 Å². The summed E-state index contributed by atoms with van der Waals surface area (Å²) in [4.78, 5) is 0. The van der Waals surface area contributed by atoms with Crippen LogP contribution in [0.5, 0.6) is 0 Å². The lowest BCUT2D eigenvalue weighted by atomic mass is 9.84. The second-order valence-electron chi connectivity index (χ2n) is 4.68. The van der Waals surface area contributed by atoms with Crippen LogP contribution in [0.15, 0.2) is 0 Å². The Kier molecular flexibility index (Phi) is 11.1. The molecule has 0 aromatic rings. The van der Waals surface area contributed by atoms with Gasteiger partial charge in [0.2, 0.25) is 0 Å². The Labute approximate surface area is 91.5 Å². The van der Waals surface area contributed by atoms with Crippen LogP contribution in [0.2, 0.25) is 0 Å². The molecule has 0 bridgehead atoms. The predicted molar refractivity (Wildman–Crippen MR) is 66.7 cm³/mol. The van der Waals surface area contributed by atoms with Crippen molar-refractivity contribution in [2.75, 3.05) is 0 Å². The second kappa shape index (κ2) is 11.1. The summed E-state index contributed by atoms with van der Waals surface area (Å²) in [6, 6.07) is 0. The maximum Gasteiger partial charge on any atom is -0.0417 e. The van der Waals surface area contributed by atoms with E-state index in [1.807, 2.05) is 0 Å². The molecule has 2 aliphatic rings. The summed E-state index contributed by atoms with van der Waals surface area (Å²) in [6.45, 7) is 6.53. The van der Waals surface area contributed by atoms with E-state index < -0.39 is 0 Å². The fraction of sp³-hybridized carbons (Fsp3) is 1.00. The van der Waals surface area contributed by atoms with E-state index in [2.05, 4.69) is 20.8 Å². The van der Waals surface area contributed by atoms with E-state index in [1.54, 1.807) is 0 Å². The minimum absolute atomic E-state index is 1.12. The minimum Gasteiger partial charge on any atom is -0.0656 e. The molecule has 2 fully saturated rings. The Morgan fingerprint density at radius 3 is 1.14 bits per heavy atom. The van der Waals surface area contributed by atoms with Crippen molar-refractivity contribution in [3.05, 3.63) is 0 Å². The van der Waals surface area contributed by atoms with Crippen LogP contribution in [0.4, 0.5) is 0 Å². The first-order valence-electron chi connectivity index (χ1n) is 6.85. The van der Waals surface area contributed by atoms with E-state index in [-0.39, 0.29) is 0 Å². The normalized spacial score (nSPS) is 19.9. The highest BCUT2D eigenvalue weighted by Gasteiger charge is 2.13. The van der Waals surface area contributed by atoms with Crippen LogP contribution in [0.25, 0.3) is 0 Å². The highest BCUT2D eigenvalue weighted by atomic mass is 14.2. The van der Waals surface area contributed by atoms with Crippen molar-refractivity contribution >= 4 is 0 Å². The molecule has 0 aromatic carbocycles. The predicted octanol–water partition coefficient (Wildman–Crippen LogP) is 5.56. The third-order valence-corrected chi connectivity index (χ3v) is 3.05. The van der Waals surface area contributed by atoms with Gasteiger partial charge in [0.25, 0.3) is 0 Å². The zero-order valence-electron chi connectivity index (χ0n) is 10.6. The molecule has 0 aromatic heterocycles. The van der Waals surface area contributed by atoms with Crippen molar-refractivity contribution in [1.82, 2.24) is 0 Å². The average Bonchev–Trinajstić information content (AvgIpc) is 2.59. The summed E-state index contributed by atoms with van der Waals surface area (Å²) in [6.07, 6.45) is 14.7. The van der Waals surface area contributed by atoms with E-state index in [1.165, 1.54) is 64.2 Å². The SMILES string of the molecule is C1CCCC1.CCC.CCC1CCC1. The van der Waals surface area contributed by atoms with Gasteiger partial charge in [-0.3, -0.25) is 0 Å². The smallest absolute Gasteiger partial charge is 0.0417 e. The molecule has 0 N–H and O–H groups in total. The van der Waals surface area contributed by atoms with Gasteiger partial charge in [-0.05, 0) is 5.92 Å². The number of hydrogen-bond donors (Lipinski definition) is 0. The van der Waals surface area contributed by atoms with Gasteiger partial charge in [0.15, 0.2) is 0 Å². The van der Waals surface area contributed by atoms with E-state index in [0.717, 1.165) is 5.92 Å². The molecule has 0 heteroatoms. The van der Waals surface area contributed by atoms with Gasteiger partial charge in [0.05, 0.1) is 0 Å². The van der Waals surface area contributed by atoms with Crippen LogP contribution in [-0.2, 0) is 0 Å². The summed E-state index contributed by atoms with van der Waals surface area (Å²) in [5.74, 6) is 1.12. The van der Waals surface area contributed by atoms with E-state index in [0.29, 0.717) is 0 Å². The highest BCUT2D eigenvalue weighted by Crippen LogP contribution is 2.28. The Balaban J connectivity index is 0.000000193. The third kappa shape index (κ3) is 8.59. The van der Waals surface area contributed by atoms with Crippen LogP contribution in [-0.4, -0.2) is 0 Å².